The Kier molecular flexibility index (Phi) is 6.25. The van der Waals surface area contributed by atoms with Crippen molar-refractivity contribution in [3.05, 3.63) is 59.4 Å². The van der Waals surface area contributed by atoms with E-state index in [1.54, 1.807) is 6.07 Å². The van der Waals surface area contributed by atoms with E-state index in [-0.39, 0.29) is 16.1 Å². The van der Waals surface area contributed by atoms with Crippen LogP contribution < -0.4 is 10.0 Å². The molecule has 188 valence electrons. The van der Waals surface area contributed by atoms with Crippen molar-refractivity contribution < 1.29 is 22.7 Å². The van der Waals surface area contributed by atoms with Crippen LogP contribution in [0.3, 0.4) is 0 Å². The number of halogens is 1. The summed E-state index contributed by atoms with van der Waals surface area (Å²) >= 11 is 0. The minimum absolute atomic E-state index is 0.177. The molecule has 3 aliphatic rings. The zero-order valence-corrected chi connectivity index (χ0v) is 20.7. The number of aromatic hydroxyl groups is 1. The fraction of sp³-hybridized carbons (Fsp3) is 0.500. The van der Waals surface area contributed by atoms with Gasteiger partial charge in [0.05, 0.1) is 4.90 Å². The van der Waals surface area contributed by atoms with E-state index in [0.717, 1.165) is 61.7 Å². The van der Waals surface area contributed by atoms with Crippen LogP contribution in [0.25, 0.3) is 0 Å². The van der Waals surface area contributed by atoms with Gasteiger partial charge in [-0.25, -0.2) is 22.3 Å². The molecule has 2 fully saturated rings. The molecule has 3 N–H and O–H groups in total. The van der Waals surface area contributed by atoms with Gasteiger partial charge in [0.15, 0.2) is 0 Å². The van der Waals surface area contributed by atoms with Crippen LogP contribution in [0.5, 0.6) is 5.75 Å². The number of piperidine rings is 1. The molecule has 2 aromatic carbocycles. The Morgan fingerprint density at radius 3 is 2.66 bits per heavy atom. The summed E-state index contributed by atoms with van der Waals surface area (Å²) in [5.74, 6) is 0.828. The van der Waals surface area contributed by atoms with E-state index in [9.17, 15) is 22.7 Å². The lowest BCUT2D eigenvalue weighted by molar-refractivity contribution is 0.0162. The van der Waals surface area contributed by atoms with Gasteiger partial charge in [-0.2, -0.15) is 0 Å². The van der Waals surface area contributed by atoms with Crippen LogP contribution in [0.1, 0.15) is 43.7 Å². The van der Waals surface area contributed by atoms with Crippen LogP contribution >= 0.6 is 0 Å². The minimum Gasteiger partial charge on any atom is -0.508 e. The largest absolute Gasteiger partial charge is 0.508 e. The Balaban J connectivity index is 1.30. The zero-order valence-electron chi connectivity index (χ0n) is 19.8. The first-order valence-electron chi connectivity index (χ1n) is 12.3. The third-order valence-electron chi connectivity index (χ3n) is 8.22. The minimum atomic E-state index is -4.10. The molecule has 9 heteroatoms. The number of phenolic OH excluding ortho intramolecular Hbond substituents is 1. The number of carbonyl (C=O) groups excluding carboxylic acids is 1. The van der Waals surface area contributed by atoms with Crippen LogP contribution in [0, 0.1) is 17.7 Å². The first kappa shape index (κ1) is 24.1. The summed E-state index contributed by atoms with van der Waals surface area (Å²) in [4.78, 5) is 14.9. The van der Waals surface area contributed by atoms with E-state index in [4.69, 9.17) is 0 Å². The van der Waals surface area contributed by atoms with Crippen LogP contribution in [0.15, 0.2) is 47.4 Å². The molecule has 2 aromatic rings. The van der Waals surface area contributed by atoms with Crippen LogP contribution in [-0.2, 0) is 21.9 Å². The van der Waals surface area contributed by atoms with E-state index in [1.165, 1.54) is 18.4 Å². The number of hydrogen-bond acceptors (Lipinski definition) is 5. The summed E-state index contributed by atoms with van der Waals surface area (Å²) < 4.78 is 40.0. The van der Waals surface area contributed by atoms with Crippen molar-refractivity contribution in [1.82, 2.24) is 14.9 Å². The summed E-state index contributed by atoms with van der Waals surface area (Å²) in [5.41, 5.74) is 2.18. The van der Waals surface area contributed by atoms with E-state index < -0.39 is 21.9 Å². The number of fused-ring (bicyclic) bond motifs is 4. The van der Waals surface area contributed by atoms with E-state index in [0.29, 0.717) is 24.9 Å². The highest BCUT2D eigenvalue weighted by Gasteiger charge is 2.51. The number of amides is 2. The monoisotopic (exact) mass is 501 g/mol. The lowest BCUT2D eigenvalue weighted by Gasteiger charge is -2.56. The molecule has 0 radical (unpaired) electrons. The molecule has 1 heterocycles. The first-order chi connectivity index (χ1) is 16.7. The summed E-state index contributed by atoms with van der Waals surface area (Å²) in [5, 5.41) is 13.0. The normalized spacial score (nSPS) is 26.1. The quantitative estimate of drug-likeness (QED) is 0.539. The van der Waals surface area contributed by atoms with Gasteiger partial charge in [-0.3, -0.25) is 4.90 Å². The fourth-order valence-corrected chi connectivity index (χ4v) is 7.04. The molecule has 5 rings (SSSR count). The number of phenols is 1. The maximum atomic E-state index is 13.1. The van der Waals surface area contributed by atoms with Gasteiger partial charge in [-0.1, -0.05) is 13.0 Å². The smallest absolute Gasteiger partial charge is 0.328 e. The number of hydrogen-bond donors (Lipinski definition) is 3. The van der Waals surface area contributed by atoms with Gasteiger partial charge in [0.1, 0.15) is 11.6 Å². The average molecular weight is 502 g/mol. The molecular weight excluding hydrogens is 469 g/mol. The molecule has 1 saturated carbocycles. The van der Waals surface area contributed by atoms with Crippen molar-refractivity contribution in [1.29, 1.82) is 0 Å². The zero-order chi connectivity index (χ0) is 24.8. The van der Waals surface area contributed by atoms with Crippen molar-refractivity contribution in [2.45, 2.75) is 55.4 Å². The third kappa shape index (κ3) is 4.76. The topological polar surface area (TPSA) is 98.7 Å². The highest BCUT2D eigenvalue weighted by atomic mass is 32.2. The van der Waals surface area contributed by atoms with Gasteiger partial charge in [0.2, 0.25) is 0 Å². The summed E-state index contributed by atoms with van der Waals surface area (Å²) in [6, 6.07) is 9.55. The number of rotatable bonds is 7. The molecule has 0 spiro atoms. The molecule has 2 amide bonds. The standard InChI is InChI=1S/C26H32FN3O4S/c1-17-24-14-19-4-7-21(31)15-23(19)26(17,11-13-30(24)16-18-2-3-18)10-12-28-25(32)29-35(33,34)22-8-5-20(27)6-9-22/h4-9,15,17-18,24,31H,2-3,10-14,16H2,1H3,(H2,28,29,32)/t17-,24+,26-/m0/s1. The lowest BCUT2D eigenvalue weighted by atomic mass is 9.56. The SMILES string of the molecule is C[C@H]1[C@H]2Cc3ccc(O)cc3[C@@]1(CCNC(=O)NS(=O)(=O)c1ccc(F)cc1)CCN2CC1CC1. The van der Waals surface area contributed by atoms with Gasteiger partial charge < -0.3 is 10.4 Å². The van der Waals surface area contributed by atoms with Crippen LogP contribution in [0.2, 0.25) is 0 Å². The Labute approximate surface area is 205 Å². The predicted octanol–water partition coefficient (Wildman–Crippen LogP) is 3.52. The van der Waals surface area contributed by atoms with Crippen molar-refractivity contribution >= 4 is 16.1 Å². The molecule has 2 bridgehead atoms. The highest BCUT2D eigenvalue weighted by molar-refractivity contribution is 7.90. The second-order valence-electron chi connectivity index (χ2n) is 10.3. The van der Waals surface area contributed by atoms with E-state index in [1.807, 2.05) is 16.9 Å². The van der Waals surface area contributed by atoms with Crippen LogP contribution in [-0.4, -0.2) is 50.1 Å². The summed E-state index contributed by atoms with van der Waals surface area (Å²) in [6.07, 6.45) is 5.14. The molecule has 1 aliphatic heterocycles. The average Bonchev–Trinajstić information content (AvgIpc) is 3.62. The van der Waals surface area contributed by atoms with Crippen molar-refractivity contribution in [2.75, 3.05) is 19.6 Å². The molecule has 7 nitrogen and oxygen atoms in total. The predicted molar refractivity (Wildman–Crippen MR) is 130 cm³/mol. The number of benzene rings is 2. The molecular formula is C26H32FN3O4S. The highest BCUT2D eigenvalue weighted by Crippen LogP contribution is 2.52. The fourth-order valence-electron chi connectivity index (χ4n) is 6.11. The number of urea groups is 1. The Morgan fingerprint density at radius 1 is 1.20 bits per heavy atom. The second-order valence-corrected chi connectivity index (χ2v) is 12.0. The molecule has 3 atom stereocenters. The van der Waals surface area contributed by atoms with Gasteiger partial charge in [-0.05, 0) is 98.0 Å². The molecule has 2 aliphatic carbocycles. The maximum Gasteiger partial charge on any atom is 0.328 e. The number of sulfonamides is 1. The van der Waals surface area contributed by atoms with Gasteiger partial charge in [0.25, 0.3) is 10.0 Å². The Hall–Kier alpha value is -2.65. The molecule has 35 heavy (non-hydrogen) atoms. The van der Waals surface area contributed by atoms with E-state index in [2.05, 4.69) is 17.1 Å². The Bertz CT molecular complexity index is 1220. The lowest BCUT2D eigenvalue weighted by Crippen LogP contribution is -2.60. The second kappa shape index (κ2) is 9.09. The molecule has 0 unspecified atom stereocenters. The third-order valence-corrected chi connectivity index (χ3v) is 9.57. The number of carbonyl (C=O) groups is 1. The molecule has 1 saturated heterocycles. The maximum absolute atomic E-state index is 13.1. The first-order valence-corrected chi connectivity index (χ1v) is 13.8. The van der Waals surface area contributed by atoms with E-state index >= 15 is 0 Å². The van der Waals surface area contributed by atoms with Gasteiger partial charge >= 0.3 is 6.03 Å². The number of nitrogens with one attached hydrogen (secondary N) is 2. The Morgan fingerprint density at radius 2 is 1.94 bits per heavy atom. The van der Waals surface area contributed by atoms with Crippen LogP contribution in [0.4, 0.5) is 9.18 Å². The van der Waals surface area contributed by atoms with Crippen molar-refractivity contribution in [3.63, 3.8) is 0 Å². The number of nitrogens with zero attached hydrogens (tertiary/aromatic N) is 1. The summed E-state index contributed by atoms with van der Waals surface area (Å²) in [6.45, 7) is 4.68. The summed E-state index contributed by atoms with van der Waals surface area (Å²) in [7, 11) is -4.10. The van der Waals surface area contributed by atoms with Gasteiger partial charge in [-0.15, -0.1) is 0 Å². The van der Waals surface area contributed by atoms with Crippen molar-refractivity contribution in [3.8, 4) is 5.75 Å². The number of likely N-dealkylation sites (tertiary alicyclic amines) is 1. The van der Waals surface area contributed by atoms with Gasteiger partial charge in [0, 0.05) is 24.5 Å². The van der Waals surface area contributed by atoms with Crippen molar-refractivity contribution in [2.24, 2.45) is 11.8 Å². The molecule has 0 aromatic heterocycles.